The maximum atomic E-state index is 14.4. The van der Waals surface area contributed by atoms with E-state index in [1.54, 1.807) is 30.3 Å². The van der Waals surface area contributed by atoms with Crippen LogP contribution in [-0.2, 0) is 4.74 Å². The molecule has 0 spiro atoms. The highest BCUT2D eigenvalue weighted by atomic mass is 35.5. The van der Waals surface area contributed by atoms with Gasteiger partial charge in [-0.15, -0.1) is 0 Å². The number of piperazine rings is 1. The van der Waals surface area contributed by atoms with Gasteiger partial charge in [0, 0.05) is 64.0 Å². The summed E-state index contributed by atoms with van der Waals surface area (Å²) in [7, 11) is 0. The third-order valence-corrected chi connectivity index (χ3v) is 8.12. The maximum absolute atomic E-state index is 14.4. The molecule has 1 unspecified atom stereocenters. The number of fused-ring (bicyclic) bond motifs is 1. The number of nitrogens with zero attached hydrogens (tertiary/aromatic N) is 3. The molecule has 0 bridgehead atoms. The van der Waals surface area contributed by atoms with Gasteiger partial charge in [-0.25, -0.2) is 13.6 Å². The number of rotatable bonds is 8. The number of halogens is 3. The van der Waals surface area contributed by atoms with E-state index in [4.69, 9.17) is 16.3 Å². The van der Waals surface area contributed by atoms with Gasteiger partial charge in [0.2, 0.25) is 0 Å². The fourth-order valence-electron chi connectivity index (χ4n) is 5.59. The number of hydrogen-bond acceptors (Lipinski definition) is 5. The summed E-state index contributed by atoms with van der Waals surface area (Å²) in [6.45, 7) is 7.27. The van der Waals surface area contributed by atoms with Crippen LogP contribution in [0.25, 0.3) is 0 Å². The quantitative estimate of drug-likeness (QED) is 0.328. The molecule has 5 rings (SSSR count). The van der Waals surface area contributed by atoms with Crippen molar-refractivity contribution in [2.75, 3.05) is 63.9 Å². The molecule has 2 heterocycles. The van der Waals surface area contributed by atoms with Crippen LogP contribution < -0.4 is 4.90 Å². The standard InChI is InChI=1S/C31H34ClF2N3O2/c32-29-6-2-1-4-28(29)31(38)39-21-20-36-16-14-35(15-17-36)18-19-37-13-3-5-26(23-7-9-24(33)10-8-23)27-12-11-25(34)22-30(27)37/h1-2,4,6-12,22,26H,3,5,13-21H2. The summed E-state index contributed by atoms with van der Waals surface area (Å²) >= 11 is 6.08. The molecule has 206 valence electrons. The van der Waals surface area contributed by atoms with Crippen molar-refractivity contribution in [3.63, 3.8) is 0 Å². The largest absolute Gasteiger partial charge is 0.461 e. The summed E-state index contributed by atoms with van der Waals surface area (Å²) in [4.78, 5) is 19.3. The van der Waals surface area contributed by atoms with Gasteiger partial charge in [-0.2, -0.15) is 0 Å². The topological polar surface area (TPSA) is 36.0 Å². The second-order valence-electron chi connectivity index (χ2n) is 10.2. The van der Waals surface area contributed by atoms with Crippen molar-refractivity contribution in [1.82, 2.24) is 9.80 Å². The van der Waals surface area contributed by atoms with Crippen LogP contribution in [0.15, 0.2) is 66.7 Å². The van der Waals surface area contributed by atoms with Crippen LogP contribution in [0.3, 0.4) is 0 Å². The molecule has 2 aliphatic rings. The fourth-order valence-corrected chi connectivity index (χ4v) is 5.80. The van der Waals surface area contributed by atoms with E-state index >= 15 is 0 Å². The van der Waals surface area contributed by atoms with E-state index in [1.807, 2.05) is 18.2 Å². The van der Waals surface area contributed by atoms with Crippen LogP contribution >= 0.6 is 11.6 Å². The molecular weight excluding hydrogens is 520 g/mol. The molecule has 0 radical (unpaired) electrons. The van der Waals surface area contributed by atoms with Gasteiger partial charge in [-0.05, 0) is 60.4 Å². The van der Waals surface area contributed by atoms with Gasteiger partial charge in [0.1, 0.15) is 18.2 Å². The average Bonchev–Trinajstić information content (AvgIpc) is 3.12. The first-order chi connectivity index (χ1) is 19.0. The molecule has 2 aliphatic heterocycles. The number of benzene rings is 3. The number of carbonyl (C=O) groups excluding carboxylic acids is 1. The van der Waals surface area contributed by atoms with Gasteiger partial charge in [-0.3, -0.25) is 9.80 Å². The van der Waals surface area contributed by atoms with Crippen LogP contribution in [0.1, 0.15) is 40.2 Å². The highest BCUT2D eigenvalue weighted by molar-refractivity contribution is 6.33. The summed E-state index contributed by atoms with van der Waals surface area (Å²) < 4.78 is 33.3. The van der Waals surface area contributed by atoms with Gasteiger partial charge < -0.3 is 9.64 Å². The van der Waals surface area contributed by atoms with Crippen molar-refractivity contribution in [2.24, 2.45) is 0 Å². The summed E-state index contributed by atoms with van der Waals surface area (Å²) in [5.41, 5.74) is 3.51. The van der Waals surface area contributed by atoms with Crippen molar-refractivity contribution in [3.8, 4) is 0 Å². The van der Waals surface area contributed by atoms with E-state index in [2.05, 4.69) is 14.7 Å². The Morgan fingerprint density at radius 2 is 1.54 bits per heavy atom. The lowest BCUT2D eigenvalue weighted by molar-refractivity contribution is 0.0424. The predicted octanol–water partition coefficient (Wildman–Crippen LogP) is 5.82. The van der Waals surface area contributed by atoms with Crippen molar-refractivity contribution < 1.29 is 18.3 Å². The highest BCUT2D eigenvalue weighted by Crippen LogP contribution is 2.39. The monoisotopic (exact) mass is 553 g/mol. The molecule has 0 aliphatic carbocycles. The Labute approximate surface area is 233 Å². The second kappa shape index (κ2) is 12.9. The zero-order valence-electron chi connectivity index (χ0n) is 22.0. The lowest BCUT2D eigenvalue weighted by Crippen LogP contribution is -2.49. The lowest BCUT2D eigenvalue weighted by atomic mass is 9.87. The summed E-state index contributed by atoms with van der Waals surface area (Å²) in [6.07, 6.45) is 1.93. The smallest absolute Gasteiger partial charge is 0.339 e. The van der Waals surface area contributed by atoms with Crippen molar-refractivity contribution >= 4 is 23.3 Å². The summed E-state index contributed by atoms with van der Waals surface area (Å²) in [6, 6.07) is 18.7. The molecule has 0 aromatic heterocycles. The van der Waals surface area contributed by atoms with Crippen LogP contribution in [0.4, 0.5) is 14.5 Å². The average molecular weight is 554 g/mol. The van der Waals surface area contributed by atoms with Crippen molar-refractivity contribution in [1.29, 1.82) is 0 Å². The molecule has 0 N–H and O–H groups in total. The molecule has 1 saturated heterocycles. The number of esters is 1. The number of carbonyl (C=O) groups is 1. The Hall–Kier alpha value is -3.00. The Kier molecular flexibility index (Phi) is 9.12. The second-order valence-corrected chi connectivity index (χ2v) is 10.6. The van der Waals surface area contributed by atoms with Gasteiger partial charge >= 0.3 is 5.97 Å². The summed E-state index contributed by atoms with van der Waals surface area (Å²) in [5, 5.41) is 0.400. The third kappa shape index (κ3) is 6.96. The first-order valence-electron chi connectivity index (χ1n) is 13.6. The Bertz CT molecular complexity index is 1260. The third-order valence-electron chi connectivity index (χ3n) is 7.79. The number of anilines is 1. The van der Waals surface area contributed by atoms with E-state index in [0.717, 1.165) is 75.5 Å². The Morgan fingerprint density at radius 1 is 0.846 bits per heavy atom. The van der Waals surface area contributed by atoms with Crippen LogP contribution in [-0.4, -0.2) is 74.7 Å². The maximum Gasteiger partial charge on any atom is 0.339 e. The molecule has 39 heavy (non-hydrogen) atoms. The van der Waals surface area contributed by atoms with E-state index in [9.17, 15) is 13.6 Å². The predicted molar refractivity (Wildman–Crippen MR) is 151 cm³/mol. The van der Waals surface area contributed by atoms with Crippen LogP contribution in [0.2, 0.25) is 5.02 Å². The SMILES string of the molecule is O=C(OCCN1CCN(CCN2CCCC(c3ccc(F)cc3)c3ccc(F)cc32)CC1)c1ccccc1Cl. The number of ether oxygens (including phenoxy) is 1. The van der Waals surface area contributed by atoms with E-state index in [0.29, 0.717) is 23.7 Å². The van der Waals surface area contributed by atoms with Gasteiger partial charge in [-0.1, -0.05) is 41.9 Å². The van der Waals surface area contributed by atoms with E-state index in [-0.39, 0.29) is 17.6 Å². The minimum atomic E-state index is -0.393. The molecule has 5 nitrogen and oxygen atoms in total. The molecule has 1 atom stereocenters. The minimum absolute atomic E-state index is 0.127. The van der Waals surface area contributed by atoms with E-state index < -0.39 is 5.97 Å². The van der Waals surface area contributed by atoms with Gasteiger partial charge in [0.05, 0.1) is 10.6 Å². The zero-order chi connectivity index (χ0) is 27.2. The fraction of sp³-hybridized carbons (Fsp3) is 0.387. The minimum Gasteiger partial charge on any atom is -0.461 e. The molecule has 3 aromatic carbocycles. The summed E-state index contributed by atoms with van der Waals surface area (Å²) in [5.74, 6) is -0.745. The van der Waals surface area contributed by atoms with Crippen LogP contribution in [0, 0.1) is 11.6 Å². The molecule has 1 fully saturated rings. The Morgan fingerprint density at radius 3 is 2.28 bits per heavy atom. The van der Waals surface area contributed by atoms with Gasteiger partial charge in [0.15, 0.2) is 0 Å². The Balaban J connectivity index is 1.12. The van der Waals surface area contributed by atoms with Crippen LogP contribution in [0.5, 0.6) is 0 Å². The van der Waals surface area contributed by atoms with Crippen molar-refractivity contribution in [3.05, 3.63) is 100 Å². The number of hydrogen-bond donors (Lipinski definition) is 0. The highest BCUT2D eigenvalue weighted by Gasteiger charge is 2.26. The van der Waals surface area contributed by atoms with Gasteiger partial charge in [0.25, 0.3) is 0 Å². The molecular formula is C31H34ClF2N3O2. The normalized spacial score (nSPS) is 18.4. The van der Waals surface area contributed by atoms with Crippen molar-refractivity contribution in [2.45, 2.75) is 18.8 Å². The molecule has 8 heteroatoms. The first kappa shape index (κ1) is 27.6. The lowest BCUT2D eigenvalue weighted by Gasteiger charge is -2.36. The first-order valence-corrected chi connectivity index (χ1v) is 14.0. The van der Waals surface area contributed by atoms with E-state index in [1.165, 1.54) is 18.2 Å². The molecule has 3 aromatic rings. The zero-order valence-corrected chi connectivity index (χ0v) is 22.8. The molecule has 0 saturated carbocycles. The molecule has 0 amide bonds.